The van der Waals surface area contributed by atoms with Crippen LogP contribution in [0.3, 0.4) is 0 Å². The second-order valence-corrected chi connectivity index (χ2v) is 4.81. The van der Waals surface area contributed by atoms with Gasteiger partial charge in [-0.05, 0) is 24.6 Å². The highest BCUT2D eigenvalue weighted by atomic mass is 19.1. The summed E-state index contributed by atoms with van der Waals surface area (Å²) in [5.74, 6) is -1.79. The quantitative estimate of drug-likeness (QED) is 0.760. The molecular weight excluding hydrogens is 267 g/mol. The number of β-amino-alcohol motifs (C(OH)–C–C–N with tert-alkyl or cyclic N) is 1. The number of nitrogens with one attached hydrogen (secondary N) is 1. The fourth-order valence-corrected chi connectivity index (χ4v) is 2.19. The minimum absolute atomic E-state index is 0.0134. The Balaban J connectivity index is 2.15. The van der Waals surface area contributed by atoms with Gasteiger partial charge in [0.05, 0.1) is 11.8 Å². The number of carbonyl (C=O) groups excluding carboxylic acids is 1. The maximum atomic E-state index is 13.6. The SMILES string of the molecule is Cc1ccc(F)c(NC(=O)N2CC(O)C[C@H]2C(=O)O)c1. The van der Waals surface area contributed by atoms with Crippen LogP contribution in [-0.4, -0.2) is 45.8 Å². The smallest absolute Gasteiger partial charge is 0.326 e. The highest BCUT2D eigenvalue weighted by molar-refractivity contribution is 5.93. The molecule has 3 N–H and O–H groups in total. The largest absolute Gasteiger partial charge is 0.480 e. The van der Waals surface area contributed by atoms with Crippen molar-refractivity contribution in [2.24, 2.45) is 0 Å². The normalized spacial score (nSPS) is 21.9. The van der Waals surface area contributed by atoms with Gasteiger partial charge in [0.25, 0.3) is 0 Å². The number of aliphatic carboxylic acids is 1. The molecule has 1 aromatic carbocycles. The summed E-state index contributed by atoms with van der Waals surface area (Å²) in [6.07, 6.45) is -0.914. The number of rotatable bonds is 2. The Kier molecular flexibility index (Phi) is 3.89. The molecule has 0 radical (unpaired) electrons. The van der Waals surface area contributed by atoms with Gasteiger partial charge >= 0.3 is 12.0 Å². The van der Waals surface area contributed by atoms with E-state index in [0.29, 0.717) is 0 Å². The van der Waals surface area contributed by atoms with Gasteiger partial charge in [-0.15, -0.1) is 0 Å². The minimum atomic E-state index is -1.19. The molecular formula is C13H15FN2O4. The topological polar surface area (TPSA) is 89.9 Å². The van der Waals surface area contributed by atoms with Crippen LogP contribution in [0.4, 0.5) is 14.9 Å². The highest BCUT2D eigenvalue weighted by Crippen LogP contribution is 2.21. The van der Waals surface area contributed by atoms with Gasteiger partial charge in [0.2, 0.25) is 0 Å². The molecule has 2 rings (SSSR count). The van der Waals surface area contributed by atoms with Crippen molar-refractivity contribution in [2.45, 2.75) is 25.5 Å². The molecule has 2 atom stereocenters. The number of likely N-dealkylation sites (tertiary alicyclic amines) is 1. The van der Waals surface area contributed by atoms with Crippen molar-refractivity contribution in [3.05, 3.63) is 29.6 Å². The lowest BCUT2D eigenvalue weighted by Gasteiger charge is -2.21. The summed E-state index contributed by atoms with van der Waals surface area (Å²) in [6.45, 7) is 1.66. The number of anilines is 1. The fourth-order valence-electron chi connectivity index (χ4n) is 2.19. The summed E-state index contributed by atoms with van der Waals surface area (Å²) in [5, 5.41) is 20.8. The van der Waals surface area contributed by atoms with E-state index in [0.717, 1.165) is 10.5 Å². The van der Waals surface area contributed by atoms with Gasteiger partial charge in [0.15, 0.2) is 0 Å². The molecule has 0 bridgehead atoms. The van der Waals surface area contributed by atoms with E-state index in [4.69, 9.17) is 5.11 Å². The van der Waals surface area contributed by atoms with Crippen molar-refractivity contribution in [3.63, 3.8) is 0 Å². The lowest BCUT2D eigenvalue weighted by molar-refractivity contribution is -0.141. The van der Waals surface area contributed by atoms with Crippen molar-refractivity contribution >= 4 is 17.7 Å². The third-order valence-corrected chi connectivity index (χ3v) is 3.19. The van der Waals surface area contributed by atoms with Crippen LogP contribution in [0.1, 0.15) is 12.0 Å². The number of aliphatic hydroxyl groups is 1. The predicted molar refractivity (Wildman–Crippen MR) is 68.9 cm³/mol. The zero-order valence-corrected chi connectivity index (χ0v) is 10.8. The van der Waals surface area contributed by atoms with Crippen molar-refractivity contribution < 1.29 is 24.2 Å². The fraction of sp³-hybridized carbons (Fsp3) is 0.385. The van der Waals surface area contributed by atoms with Crippen molar-refractivity contribution in [1.82, 2.24) is 4.90 Å². The summed E-state index contributed by atoms with van der Waals surface area (Å²) in [7, 11) is 0. The zero-order valence-electron chi connectivity index (χ0n) is 10.8. The Labute approximate surface area is 114 Å². The number of halogens is 1. The first-order valence-electron chi connectivity index (χ1n) is 6.13. The monoisotopic (exact) mass is 282 g/mol. The van der Waals surface area contributed by atoms with Crippen LogP contribution in [0.25, 0.3) is 0 Å². The van der Waals surface area contributed by atoms with Crippen LogP contribution in [0.2, 0.25) is 0 Å². The molecule has 2 amide bonds. The number of carboxylic acid groups (broad SMARTS) is 1. The van der Waals surface area contributed by atoms with Gasteiger partial charge < -0.3 is 20.4 Å². The van der Waals surface area contributed by atoms with E-state index in [2.05, 4.69) is 5.32 Å². The first-order chi connectivity index (χ1) is 9.38. The molecule has 7 heteroatoms. The summed E-state index contributed by atoms with van der Waals surface area (Å²) < 4.78 is 13.6. The van der Waals surface area contributed by atoms with E-state index in [1.54, 1.807) is 13.0 Å². The summed E-state index contributed by atoms with van der Waals surface area (Å²) in [6, 6.07) is 2.40. The van der Waals surface area contributed by atoms with E-state index in [1.807, 2.05) is 0 Å². The molecule has 0 saturated carbocycles. The van der Waals surface area contributed by atoms with Crippen LogP contribution in [0.15, 0.2) is 18.2 Å². The zero-order chi connectivity index (χ0) is 14.9. The number of nitrogens with zero attached hydrogens (tertiary/aromatic N) is 1. The first-order valence-corrected chi connectivity index (χ1v) is 6.13. The molecule has 1 aromatic rings. The van der Waals surface area contributed by atoms with Crippen LogP contribution < -0.4 is 5.32 Å². The number of amides is 2. The molecule has 1 unspecified atom stereocenters. The van der Waals surface area contributed by atoms with E-state index in [1.165, 1.54) is 12.1 Å². The molecule has 0 spiro atoms. The first kappa shape index (κ1) is 14.3. The highest BCUT2D eigenvalue weighted by Gasteiger charge is 2.39. The molecule has 1 fully saturated rings. The van der Waals surface area contributed by atoms with Gasteiger partial charge in [-0.3, -0.25) is 0 Å². The number of urea groups is 1. The van der Waals surface area contributed by atoms with Crippen LogP contribution in [0, 0.1) is 12.7 Å². The summed E-state index contributed by atoms with van der Waals surface area (Å²) in [4.78, 5) is 24.0. The lowest BCUT2D eigenvalue weighted by Crippen LogP contribution is -2.43. The number of carboxylic acids is 1. The number of benzene rings is 1. The van der Waals surface area contributed by atoms with E-state index < -0.39 is 30.0 Å². The number of hydrogen-bond acceptors (Lipinski definition) is 3. The molecule has 1 aliphatic rings. The maximum absolute atomic E-state index is 13.6. The predicted octanol–water partition coefficient (Wildman–Crippen LogP) is 1.19. The van der Waals surface area contributed by atoms with E-state index >= 15 is 0 Å². The Morgan fingerprint density at radius 2 is 2.15 bits per heavy atom. The molecule has 20 heavy (non-hydrogen) atoms. The molecule has 0 aromatic heterocycles. The summed E-state index contributed by atoms with van der Waals surface area (Å²) in [5.41, 5.74) is 0.749. The Hall–Kier alpha value is -2.15. The van der Waals surface area contributed by atoms with Crippen molar-refractivity contribution in [1.29, 1.82) is 0 Å². The Morgan fingerprint density at radius 1 is 1.45 bits per heavy atom. The van der Waals surface area contributed by atoms with Crippen LogP contribution in [-0.2, 0) is 4.79 Å². The van der Waals surface area contributed by atoms with Gasteiger partial charge in [0, 0.05) is 13.0 Å². The number of carbonyl (C=O) groups is 2. The second kappa shape index (κ2) is 5.46. The minimum Gasteiger partial charge on any atom is -0.480 e. The standard InChI is InChI=1S/C13H15FN2O4/c1-7-2-3-9(14)10(4-7)15-13(20)16-6-8(17)5-11(16)12(18)19/h2-4,8,11,17H,5-6H2,1H3,(H,15,20)(H,18,19)/t8?,11-/m0/s1. The van der Waals surface area contributed by atoms with Crippen molar-refractivity contribution in [2.75, 3.05) is 11.9 Å². The molecule has 0 aliphatic carbocycles. The van der Waals surface area contributed by atoms with E-state index in [9.17, 15) is 19.1 Å². The van der Waals surface area contributed by atoms with Crippen LogP contribution >= 0.6 is 0 Å². The molecule has 1 heterocycles. The second-order valence-electron chi connectivity index (χ2n) is 4.81. The number of hydrogen-bond donors (Lipinski definition) is 3. The third-order valence-electron chi connectivity index (χ3n) is 3.19. The molecule has 6 nitrogen and oxygen atoms in total. The Bertz CT molecular complexity index is 549. The molecule has 1 saturated heterocycles. The van der Waals surface area contributed by atoms with E-state index in [-0.39, 0.29) is 18.7 Å². The Morgan fingerprint density at radius 3 is 2.80 bits per heavy atom. The number of aliphatic hydroxyl groups excluding tert-OH is 1. The van der Waals surface area contributed by atoms with Gasteiger partial charge in [-0.2, -0.15) is 0 Å². The average Bonchev–Trinajstić information content (AvgIpc) is 2.76. The average molecular weight is 282 g/mol. The van der Waals surface area contributed by atoms with Gasteiger partial charge in [-0.1, -0.05) is 6.07 Å². The lowest BCUT2D eigenvalue weighted by atomic mass is 10.2. The molecule has 1 aliphatic heterocycles. The van der Waals surface area contributed by atoms with Gasteiger partial charge in [0.1, 0.15) is 11.9 Å². The third kappa shape index (κ3) is 2.88. The van der Waals surface area contributed by atoms with Crippen LogP contribution in [0.5, 0.6) is 0 Å². The number of aryl methyl sites for hydroxylation is 1. The van der Waals surface area contributed by atoms with Crippen molar-refractivity contribution in [3.8, 4) is 0 Å². The summed E-state index contributed by atoms with van der Waals surface area (Å²) >= 11 is 0. The van der Waals surface area contributed by atoms with Gasteiger partial charge in [-0.25, -0.2) is 14.0 Å². The maximum Gasteiger partial charge on any atom is 0.326 e. The molecule has 108 valence electrons.